The number of hydrogen-bond acceptors (Lipinski definition) is 2. The Kier molecular flexibility index (Phi) is 2.26. The highest BCUT2D eigenvalue weighted by Gasteiger charge is 2.17. The van der Waals surface area contributed by atoms with Gasteiger partial charge in [-0.05, 0) is 20.8 Å². The predicted molar refractivity (Wildman–Crippen MR) is 38.9 cm³/mol. The van der Waals surface area contributed by atoms with Gasteiger partial charge in [-0.3, -0.25) is 0 Å². The molecular weight excluding hydrogens is 114 g/mol. The van der Waals surface area contributed by atoms with Crippen LogP contribution in [0.2, 0.25) is 0 Å². The molecule has 0 radical (unpaired) electrons. The van der Waals surface area contributed by atoms with Crippen LogP contribution in [-0.4, -0.2) is 22.8 Å². The minimum atomic E-state index is -0.786. The van der Waals surface area contributed by atoms with Gasteiger partial charge in [0.05, 0.1) is 0 Å². The van der Waals surface area contributed by atoms with Crippen LogP contribution in [0.3, 0.4) is 0 Å². The summed E-state index contributed by atoms with van der Waals surface area (Å²) in [7, 11) is 1.81. The minimum absolute atomic E-state index is 0.786. The summed E-state index contributed by atoms with van der Waals surface area (Å²) in [6.07, 6.45) is 0. The third-order valence-electron chi connectivity index (χ3n) is 1.39. The van der Waals surface area contributed by atoms with Crippen molar-refractivity contribution < 1.29 is 5.11 Å². The van der Waals surface area contributed by atoms with Crippen molar-refractivity contribution in [3.05, 3.63) is 12.3 Å². The van der Waals surface area contributed by atoms with E-state index in [4.69, 9.17) is 0 Å². The first kappa shape index (κ1) is 8.50. The molecule has 0 aliphatic rings. The monoisotopic (exact) mass is 129 g/mol. The van der Waals surface area contributed by atoms with E-state index in [1.54, 1.807) is 18.7 Å². The van der Waals surface area contributed by atoms with E-state index in [1.807, 2.05) is 14.0 Å². The second-order valence-electron chi connectivity index (χ2n) is 2.79. The van der Waals surface area contributed by atoms with Gasteiger partial charge in [0, 0.05) is 12.7 Å². The SMILES string of the molecule is C=C(C)N(C)C(C)(C)O. The smallest absolute Gasteiger partial charge is 0.131 e. The molecule has 0 unspecified atom stereocenters. The first-order valence-electron chi connectivity index (χ1n) is 2.97. The molecule has 54 valence electrons. The molecule has 1 N–H and O–H groups in total. The lowest BCUT2D eigenvalue weighted by molar-refractivity contribution is -0.0425. The Bertz CT molecular complexity index is 113. The fraction of sp³-hybridized carbons (Fsp3) is 0.714. The van der Waals surface area contributed by atoms with E-state index in [9.17, 15) is 5.11 Å². The fourth-order valence-corrected chi connectivity index (χ4v) is 0.467. The molecule has 0 heterocycles. The van der Waals surface area contributed by atoms with Gasteiger partial charge < -0.3 is 10.0 Å². The fourth-order valence-electron chi connectivity index (χ4n) is 0.467. The van der Waals surface area contributed by atoms with Crippen molar-refractivity contribution in [2.75, 3.05) is 7.05 Å². The summed E-state index contributed by atoms with van der Waals surface area (Å²) in [6, 6.07) is 0. The molecule has 0 fully saturated rings. The summed E-state index contributed by atoms with van der Waals surface area (Å²) < 4.78 is 0. The van der Waals surface area contributed by atoms with Crippen molar-refractivity contribution >= 4 is 0 Å². The maximum absolute atomic E-state index is 9.32. The molecule has 9 heavy (non-hydrogen) atoms. The molecule has 2 nitrogen and oxygen atoms in total. The molecule has 0 spiro atoms. The topological polar surface area (TPSA) is 23.5 Å². The summed E-state index contributed by atoms with van der Waals surface area (Å²) in [6.45, 7) is 8.99. The predicted octanol–water partition coefficient (Wildman–Crippen LogP) is 1.18. The van der Waals surface area contributed by atoms with Gasteiger partial charge in [0.25, 0.3) is 0 Å². The van der Waals surface area contributed by atoms with Gasteiger partial charge in [-0.25, -0.2) is 0 Å². The van der Waals surface area contributed by atoms with Crippen LogP contribution in [0.4, 0.5) is 0 Å². The summed E-state index contributed by atoms with van der Waals surface area (Å²) in [4.78, 5) is 1.72. The zero-order chi connectivity index (χ0) is 7.65. The van der Waals surface area contributed by atoms with Gasteiger partial charge in [0.1, 0.15) is 5.72 Å². The maximum atomic E-state index is 9.32. The molecular formula is C7H15NO. The van der Waals surface area contributed by atoms with E-state index in [0.29, 0.717) is 0 Å². The van der Waals surface area contributed by atoms with Crippen molar-refractivity contribution in [3.63, 3.8) is 0 Å². The lowest BCUT2D eigenvalue weighted by Gasteiger charge is -2.32. The van der Waals surface area contributed by atoms with Crippen LogP contribution in [0.15, 0.2) is 12.3 Å². The molecule has 2 heteroatoms. The second kappa shape index (κ2) is 2.40. The molecule has 0 aromatic heterocycles. The highest BCUT2D eigenvalue weighted by Crippen LogP contribution is 2.11. The Hall–Kier alpha value is -0.500. The van der Waals surface area contributed by atoms with Crippen LogP contribution in [0.1, 0.15) is 20.8 Å². The van der Waals surface area contributed by atoms with Gasteiger partial charge in [-0.15, -0.1) is 0 Å². The zero-order valence-electron chi connectivity index (χ0n) is 6.60. The van der Waals surface area contributed by atoms with E-state index < -0.39 is 5.72 Å². The first-order chi connectivity index (χ1) is 3.85. The van der Waals surface area contributed by atoms with Gasteiger partial charge >= 0.3 is 0 Å². The Morgan fingerprint density at radius 2 is 1.89 bits per heavy atom. The Morgan fingerprint density at radius 3 is 1.89 bits per heavy atom. The molecule has 0 aromatic carbocycles. The summed E-state index contributed by atoms with van der Waals surface area (Å²) in [5.41, 5.74) is 0.0775. The van der Waals surface area contributed by atoms with E-state index in [2.05, 4.69) is 6.58 Å². The summed E-state index contributed by atoms with van der Waals surface area (Å²) >= 11 is 0. The number of rotatable bonds is 2. The largest absolute Gasteiger partial charge is 0.371 e. The lowest BCUT2D eigenvalue weighted by atomic mass is 10.2. The van der Waals surface area contributed by atoms with Crippen molar-refractivity contribution in [2.45, 2.75) is 26.5 Å². The second-order valence-corrected chi connectivity index (χ2v) is 2.79. The van der Waals surface area contributed by atoms with Gasteiger partial charge in [-0.2, -0.15) is 0 Å². The number of nitrogens with zero attached hydrogens (tertiary/aromatic N) is 1. The van der Waals surface area contributed by atoms with E-state index >= 15 is 0 Å². The van der Waals surface area contributed by atoms with Crippen LogP contribution in [0, 0.1) is 0 Å². The standard InChI is InChI=1S/C7H15NO/c1-6(2)8(5)7(3,4)9/h9H,1H2,2-5H3. The van der Waals surface area contributed by atoms with Crippen molar-refractivity contribution in [1.29, 1.82) is 0 Å². The van der Waals surface area contributed by atoms with Crippen molar-refractivity contribution in [1.82, 2.24) is 4.90 Å². The molecule has 0 rings (SSSR count). The van der Waals surface area contributed by atoms with Gasteiger partial charge in [0.15, 0.2) is 0 Å². The Balaban J connectivity index is 4.04. The summed E-state index contributed by atoms with van der Waals surface area (Å²) in [5.74, 6) is 0. The van der Waals surface area contributed by atoms with Gasteiger partial charge in [0.2, 0.25) is 0 Å². The highest BCUT2D eigenvalue weighted by molar-refractivity contribution is 4.90. The number of aliphatic hydroxyl groups is 1. The average molecular weight is 129 g/mol. The quantitative estimate of drug-likeness (QED) is 0.566. The van der Waals surface area contributed by atoms with E-state index in [0.717, 1.165) is 5.70 Å². The van der Waals surface area contributed by atoms with Crippen LogP contribution in [-0.2, 0) is 0 Å². The van der Waals surface area contributed by atoms with E-state index in [1.165, 1.54) is 0 Å². The Morgan fingerprint density at radius 1 is 1.56 bits per heavy atom. The first-order valence-corrected chi connectivity index (χ1v) is 2.97. The van der Waals surface area contributed by atoms with Crippen LogP contribution < -0.4 is 0 Å². The number of hydrogen-bond donors (Lipinski definition) is 1. The van der Waals surface area contributed by atoms with E-state index in [-0.39, 0.29) is 0 Å². The molecule has 0 saturated carbocycles. The Labute approximate surface area is 56.8 Å². The van der Waals surface area contributed by atoms with Crippen LogP contribution in [0.25, 0.3) is 0 Å². The molecule has 0 bridgehead atoms. The lowest BCUT2D eigenvalue weighted by Crippen LogP contribution is -2.38. The third-order valence-corrected chi connectivity index (χ3v) is 1.39. The normalized spacial score (nSPS) is 11.2. The maximum Gasteiger partial charge on any atom is 0.131 e. The average Bonchev–Trinajstić information content (AvgIpc) is 1.62. The molecule has 0 aliphatic heterocycles. The van der Waals surface area contributed by atoms with Crippen LogP contribution in [0.5, 0.6) is 0 Å². The minimum Gasteiger partial charge on any atom is -0.371 e. The van der Waals surface area contributed by atoms with Crippen molar-refractivity contribution in [3.8, 4) is 0 Å². The molecule has 0 saturated heterocycles. The number of allylic oxidation sites excluding steroid dienone is 1. The highest BCUT2D eigenvalue weighted by atomic mass is 16.3. The third kappa shape index (κ3) is 2.51. The molecule has 0 aliphatic carbocycles. The van der Waals surface area contributed by atoms with Crippen molar-refractivity contribution in [2.24, 2.45) is 0 Å². The zero-order valence-corrected chi connectivity index (χ0v) is 6.60. The summed E-state index contributed by atoms with van der Waals surface area (Å²) in [5, 5.41) is 9.32. The van der Waals surface area contributed by atoms with Crippen LogP contribution >= 0.6 is 0 Å². The molecule has 0 aromatic rings. The van der Waals surface area contributed by atoms with Gasteiger partial charge in [-0.1, -0.05) is 6.58 Å². The molecule has 0 amide bonds. The molecule has 0 atom stereocenters.